The number of carbonyl (C=O) groups is 1. The largest absolute Gasteiger partial charge is 0.511 e. The van der Waals surface area contributed by atoms with Crippen LogP contribution in [0.25, 0.3) is 0 Å². The lowest BCUT2D eigenvalue weighted by molar-refractivity contribution is -0.113. The van der Waals surface area contributed by atoms with E-state index in [2.05, 4.69) is 0 Å². The Morgan fingerprint density at radius 1 is 1.38 bits per heavy atom. The predicted octanol–water partition coefficient (Wildman–Crippen LogP) is 1.16. The standard InChI is InChI=1S/C9H12N2O2/c1-5(9(11)7(3)13)8(4-10)6(2)12/h12H,11H2,1-3H3. The Labute approximate surface area is 77.0 Å². The maximum absolute atomic E-state index is 10.8. The van der Waals surface area contributed by atoms with Crippen molar-refractivity contribution in [2.24, 2.45) is 5.73 Å². The zero-order chi connectivity index (χ0) is 10.6. The number of nitrogens with two attached hydrogens (primary N) is 1. The van der Waals surface area contributed by atoms with Crippen LogP contribution >= 0.6 is 0 Å². The highest BCUT2D eigenvalue weighted by Crippen LogP contribution is 2.14. The molecule has 0 spiro atoms. The van der Waals surface area contributed by atoms with Crippen LogP contribution in [0.1, 0.15) is 20.8 Å². The molecule has 0 amide bonds. The van der Waals surface area contributed by atoms with Crippen LogP contribution in [0.2, 0.25) is 0 Å². The Balaban J connectivity index is 5.35. The number of hydrogen-bond acceptors (Lipinski definition) is 4. The van der Waals surface area contributed by atoms with Crippen molar-refractivity contribution >= 4 is 5.78 Å². The minimum atomic E-state index is -0.313. The van der Waals surface area contributed by atoms with Gasteiger partial charge >= 0.3 is 0 Å². The first-order valence-corrected chi connectivity index (χ1v) is 3.69. The summed E-state index contributed by atoms with van der Waals surface area (Å²) in [6.45, 7) is 4.20. The van der Waals surface area contributed by atoms with Gasteiger partial charge in [-0.1, -0.05) is 0 Å². The number of aliphatic hydroxyl groups excluding tert-OH is 1. The maximum Gasteiger partial charge on any atom is 0.175 e. The monoisotopic (exact) mass is 180 g/mol. The van der Waals surface area contributed by atoms with Crippen molar-refractivity contribution < 1.29 is 9.90 Å². The van der Waals surface area contributed by atoms with E-state index in [-0.39, 0.29) is 22.8 Å². The van der Waals surface area contributed by atoms with Crippen LogP contribution in [0.3, 0.4) is 0 Å². The fraction of sp³-hybridized carbons (Fsp3) is 0.333. The summed E-state index contributed by atoms with van der Waals surface area (Å²) in [5.41, 5.74) is 5.78. The predicted molar refractivity (Wildman–Crippen MR) is 48.5 cm³/mol. The third-order valence-electron chi connectivity index (χ3n) is 1.63. The van der Waals surface area contributed by atoms with Gasteiger partial charge in [0.25, 0.3) is 0 Å². The Morgan fingerprint density at radius 3 is 2.08 bits per heavy atom. The molecule has 0 rings (SSSR count). The van der Waals surface area contributed by atoms with Gasteiger partial charge in [0.2, 0.25) is 0 Å². The lowest BCUT2D eigenvalue weighted by Gasteiger charge is -2.03. The summed E-state index contributed by atoms with van der Waals surface area (Å²) in [5.74, 6) is -0.448. The lowest BCUT2D eigenvalue weighted by Crippen LogP contribution is -2.11. The molecule has 0 unspecified atom stereocenters. The van der Waals surface area contributed by atoms with Gasteiger partial charge in [0.05, 0.1) is 11.3 Å². The van der Waals surface area contributed by atoms with E-state index in [0.29, 0.717) is 5.57 Å². The number of aliphatic hydroxyl groups is 1. The molecule has 0 aromatic rings. The second-order valence-corrected chi connectivity index (χ2v) is 2.67. The molecular formula is C9H12N2O2. The van der Waals surface area contributed by atoms with Crippen molar-refractivity contribution in [2.75, 3.05) is 0 Å². The number of nitrogens with zero attached hydrogens (tertiary/aromatic N) is 1. The van der Waals surface area contributed by atoms with E-state index in [4.69, 9.17) is 16.1 Å². The summed E-state index contributed by atoms with van der Waals surface area (Å²) in [6, 6.07) is 1.78. The van der Waals surface area contributed by atoms with Gasteiger partial charge in [-0.15, -0.1) is 0 Å². The summed E-state index contributed by atoms with van der Waals surface area (Å²) in [6.07, 6.45) is 0. The zero-order valence-corrected chi connectivity index (χ0v) is 7.88. The number of ketones is 1. The molecule has 0 aromatic heterocycles. The number of allylic oxidation sites excluding steroid dienone is 4. The van der Waals surface area contributed by atoms with Gasteiger partial charge in [-0.3, -0.25) is 4.79 Å². The van der Waals surface area contributed by atoms with Crippen LogP contribution in [0, 0.1) is 11.3 Å². The molecule has 4 heteroatoms. The summed E-state index contributed by atoms with van der Waals surface area (Å²) < 4.78 is 0. The zero-order valence-electron chi connectivity index (χ0n) is 7.88. The van der Waals surface area contributed by atoms with E-state index in [1.807, 2.05) is 0 Å². The fourth-order valence-electron chi connectivity index (χ4n) is 0.835. The van der Waals surface area contributed by atoms with Gasteiger partial charge in [0.1, 0.15) is 11.8 Å². The number of hydrogen-bond donors (Lipinski definition) is 2. The van der Waals surface area contributed by atoms with Crippen molar-refractivity contribution in [3.63, 3.8) is 0 Å². The molecule has 0 radical (unpaired) electrons. The number of Topliss-reactive ketones (excluding diaryl/α,β-unsaturated/α-hetero) is 1. The highest BCUT2D eigenvalue weighted by atomic mass is 16.3. The van der Waals surface area contributed by atoms with E-state index in [1.54, 1.807) is 6.07 Å². The molecule has 70 valence electrons. The molecule has 0 saturated heterocycles. The molecule has 0 heterocycles. The molecule has 0 aliphatic heterocycles. The maximum atomic E-state index is 10.8. The molecule has 3 N–H and O–H groups in total. The van der Waals surface area contributed by atoms with Gasteiger partial charge < -0.3 is 10.8 Å². The lowest BCUT2D eigenvalue weighted by atomic mass is 10.0. The average molecular weight is 180 g/mol. The van der Waals surface area contributed by atoms with Gasteiger partial charge in [0, 0.05) is 6.92 Å². The highest BCUT2D eigenvalue weighted by molar-refractivity contribution is 5.94. The Morgan fingerprint density at radius 2 is 1.85 bits per heavy atom. The summed E-state index contributed by atoms with van der Waals surface area (Å²) in [7, 11) is 0. The van der Waals surface area contributed by atoms with Gasteiger partial charge in [-0.2, -0.15) is 5.26 Å². The van der Waals surface area contributed by atoms with E-state index in [9.17, 15) is 4.79 Å². The Hall–Kier alpha value is -1.76. The minimum Gasteiger partial charge on any atom is -0.511 e. The smallest absolute Gasteiger partial charge is 0.175 e. The first-order chi connectivity index (χ1) is 5.91. The molecule has 0 aromatic carbocycles. The second kappa shape index (κ2) is 4.31. The summed E-state index contributed by atoms with van der Waals surface area (Å²) in [5, 5.41) is 17.7. The van der Waals surface area contributed by atoms with Crippen LogP contribution in [0.15, 0.2) is 22.6 Å². The van der Waals surface area contributed by atoms with E-state index < -0.39 is 0 Å². The van der Waals surface area contributed by atoms with Gasteiger partial charge in [-0.05, 0) is 19.4 Å². The Kier molecular flexibility index (Phi) is 3.73. The topological polar surface area (TPSA) is 87.1 Å². The van der Waals surface area contributed by atoms with Crippen LogP contribution in [-0.2, 0) is 4.79 Å². The van der Waals surface area contributed by atoms with Crippen molar-refractivity contribution in [3.8, 4) is 6.07 Å². The number of carbonyl (C=O) groups excluding carboxylic acids is 1. The normalized spacial score (nSPS) is 14.0. The quantitative estimate of drug-likeness (QED) is 0.289. The molecular weight excluding hydrogens is 168 g/mol. The SMILES string of the molecule is CC(=O)C(N)=C(C)C(C#N)=C(C)O. The Bertz CT molecular complexity index is 328. The van der Waals surface area contributed by atoms with Crippen LogP contribution in [0.4, 0.5) is 0 Å². The van der Waals surface area contributed by atoms with E-state index in [0.717, 1.165) is 0 Å². The summed E-state index contributed by atoms with van der Waals surface area (Å²) >= 11 is 0. The molecule has 13 heavy (non-hydrogen) atoms. The molecule has 0 fully saturated rings. The van der Waals surface area contributed by atoms with Crippen molar-refractivity contribution in [2.45, 2.75) is 20.8 Å². The molecule has 0 atom stereocenters. The van der Waals surface area contributed by atoms with Gasteiger partial charge in [-0.25, -0.2) is 0 Å². The average Bonchev–Trinajstić information content (AvgIpc) is 2.03. The molecule has 0 saturated carbocycles. The summed E-state index contributed by atoms with van der Waals surface area (Å²) in [4.78, 5) is 10.8. The molecule has 4 nitrogen and oxygen atoms in total. The number of nitriles is 1. The van der Waals surface area contributed by atoms with Crippen LogP contribution in [0.5, 0.6) is 0 Å². The highest BCUT2D eigenvalue weighted by Gasteiger charge is 2.10. The first kappa shape index (κ1) is 11.2. The van der Waals surface area contributed by atoms with Crippen molar-refractivity contribution in [3.05, 3.63) is 22.6 Å². The van der Waals surface area contributed by atoms with Crippen molar-refractivity contribution in [1.29, 1.82) is 5.26 Å². The minimum absolute atomic E-state index is 0.00458. The van der Waals surface area contributed by atoms with E-state index >= 15 is 0 Å². The third kappa shape index (κ3) is 2.64. The third-order valence-corrected chi connectivity index (χ3v) is 1.63. The molecule has 0 bridgehead atoms. The van der Waals surface area contributed by atoms with Crippen LogP contribution in [-0.4, -0.2) is 10.9 Å². The van der Waals surface area contributed by atoms with Crippen molar-refractivity contribution in [1.82, 2.24) is 0 Å². The fourth-order valence-corrected chi connectivity index (χ4v) is 0.835. The first-order valence-electron chi connectivity index (χ1n) is 3.69. The van der Waals surface area contributed by atoms with E-state index in [1.165, 1.54) is 20.8 Å². The van der Waals surface area contributed by atoms with Crippen LogP contribution < -0.4 is 5.73 Å². The molecule has 0 aliphatic rings. The number of rotatable bonds is 2. The van der Waals surface area contributed by atoms with Gasteiger partial charge in [0.15, 0.2) is 5.78 Å². The molecule has 0 aliphatic carbocycles. The second-order valence-electron chi connectivity index (χ2n) is 2.67.